The zero-order valence-electron chi connectivity index (χ0n) is 15.5. The van der Waals surface area contributed by atoms with E-state index in [9.17, 15) is 14.7 Å². The van der Waals surface area contributed by atoms with E-state index in [1.807, 2.05) is 24.6 Å². The third-order valence-electron chi connectivity index (χ3n) is 5.26. The molecule has 7 nitrogen and oxygen atoms in total. The minimum absolute atomic E-state index is 0.0537. The van der Waals surface area contributed by atoms with E-state index in [2.05, 4.69) is 9.88 Å². The van der Waals surface area contributed by atoms with Crippen LogP contribution in [0.15, 0.2) is 35.4 Å². The van der Waals surface area contributed by atoms with Gasteiger partial charge in [0.1, 0.15) is 16.8 Å². The van der Waals surface area contributed by atoms with Crippen LogP contribution >= 0.6 is 0 Å². The Labute approximate surface area is 156 Å². The number of pyridine rings is 2. The summed E-state index contributed by atoms with van der Waals surface area (Å²) in [5, 5.41) is 11.4. The highest BCUT2D eigenvalue weighted by Gasteiger charge is 2.25. The summed E-state index contributed by atoms with van der Waals surface area (Å²) >= 11 is 0. The van der Waals surface area contributed by atoms with Crippen LogP contribution in [0.2, 0.25) is 0 Å². The summed E-state index contributed by atoms with van der Waals surface area (Å²) in [4.78, 5) is 34.3. The van der Waals surface area contributed by atoms with E-state index >= 15 is 0 Å². The van der Waals surface area contributed by atoms with Gasteiger partial charge in [0.05, 0.1) is 10.9 Å². The number of carbonyl (C=O) groups excluding carboxylic acids is 1. The van der Waals surface area contributed by atoms with E-state index in [1.54, 1.807) is 23.4 Å². The molecule has 0 bridgehead atoms. The molecule has 1 fully saturated rings. The number of rotatable bonds is 2. The highest BCUT2D eigenvalue weighted by Crippen LogP contribution is 2.30. The quantitative estimate of drug-likeness (QED) is 0.698. The van der Waals surface area contributed by atoms with Crippen molar-refractivity contribution in [3.05, 3.63) is 46.4 Å². The van der Waals surface area contributed by atoms with Gasteiger partial charge in [0.15, 0.2) is 0 Å². The molecule has 3 aromatic rings. The summed E-state index contributed by atoms with van der Waals surface area (Å²) in [6.45, 7) is 5.34. The van der Waals surface area contributed by atoms with Crippen molar-refractivity contribution in [1.82, 2.24) is 19.4 Å². The van der Waals surface area contributed by atoms with E-state index in [1.165, 1.54) is 6.07 Å². The molecule has 1 aliphatic heterocycles. The molecule has 1 N–H and O–H groups in total. The number of hydrogen-bond donors (Lipinski definition) is 1. The van der Waals surface area contributed by atoms with Crippen molar-refractivity contribution in [2.75, 3.05) is 33.2 Å². The SMILES string of the molecule is CCn1cc(C(=O)N2CCN(C)CC2)c(=O)c2cc(O)c3ncccc3c21. The number of aromatic nitrogens is 2. The summed E-state index contributed by atoms with van der Waals surface area (Å²) in [6, 6.07) is 5.03. The molecule has 3 heterocycles. The minimum atomic E-state index is -0.348. The highest BCUT2D eigenvalue weighted by molar-refractivity contribution is 6.08. The average molecular weight is 366 g/mol. The fraction of sp³-hybridized carbons (Fsp3) is 0.350. The van der Waals surface area contributed by atoms with E-state index in [0.29, 0.717) is 41.4 Å². The van der Waals surface area contributed by atoms with Crippen molar-refractivity contribution in [1.29, 1.82) is 0 Å². The summed E-state index contributed by atoms with van der Waals surface area (Å²) in [6.07, 6.45) is 3.25. The maximum absolute atomic E-state index is 13.1. The molecule has 2 aromatic heterocycles. The van der Waals surface area contributed by atoms with Crippen molar-refractivity contribution >= 4 is 27.7 Å². The Morgan fingerprint density at radius 1 is 1.22 bits per heavy atom. The molecular weight excluding hydrogens is 344 g/mol. The number of carbonyl (C=O) groups is 1. The summed E-state index contributed by atoms with van der Waals surface area (Å²) in [7, 11) is 2.02. The molecule has 1 saturated heterocycles. The Morgan fingerprint density at radius 3 is 2.67 bits per heavy atom. The molecule has 7 heteroatoms. The lowest BCUT2D eigenvalue weighted by atomic mass is 10.1. The molecule has 0 radical (unpaired) electrons. The number of benzene rings is 1. The molecule has 1 amide bonds. The maximum atomic E-state index is 13.1. The van der Waals surface area contributed by atoms with Crippen LogP contribution in [0.25, 0.3) is 21.8 Å². The second kappa shape index (κ2) is 6.66. The Balaban J connectivity index is 1.94. The molecule has 4 rings (SSSR count). The van der Waals surface area contributed by atoms with Gasteiger partial charge in [-0.25, -0.2) is 0 Å². The van der Waals surface area contributed by atoms with Crippen molar-refractivity contribution in [2.45, 2.75) is 13.5 Å². The largest absolute Gasteiger partial charge is 0.506 e. The monoisotopic (exact) mass is 366 g/mol. The normalized spacial score (nSPS) is 15.6. The van der Waals surface area contributed by atoms with Gasteiger partial charge in [-0.05, 0) is 32.2 Å². The topological polar surface area (TPSA) is 78.7 Å². The van der Waals surface area contributed by atoms with Crippen molar-refractivity contribution in [2.24, 2.45) is 0 Å². The van der Waals surface area contributed by atoms with Crippen LogP contribution in [-0.2, 0) is 6.54 Å². The number of aromatic hydroxyl groups is 1. The minimum Gasteiger partial charge on any atom is -0.506 e. The van der Waals surface area contributed by atoms with Crippen LogP contribution in [0, 0.1) is 0 Å². The lowest BCUT2D eigenvalue weighted by molar-refractivity contribution is 0.0662. The molecule has 0 saturated carbocycles. The Kier molecular flexibility index (Phi) is 4.31. The smallest absolute Gasteiger partial charge is 0.259 e. The first-order valence-corrected chi connectivity index (χ1v) is 9.13. The number of aryl methyl sites for hydroxylation is 1. The van der Waals surface area contributed by atoms with Crippen molar-refractivity contribution < 1.29 is 9.90 Å². The van der Waals surface area contributed by atoms with Gasteiger partial charge in [0, 0.05) is 50.5 Å². The van der Waals surface area contributed by atoms with Crippen LogP contribution in [0.5, 0.6) is 5.75 Å². The third kappa shape index (κ3) is 2.84. The molecule has 0 atom stereocenters. The number of piperazine rings is 1. The van der Waals surface area contributed by atoms with Gasteiger partial charge in [0.2, 0.25) is 5.43 Å². The first-order chi connectivity index (χ1) is 13.0. The molecule has 0 aliphatic carbocycles. The second-order valence-electron chi connectivity index (χ2n) is 6.94. The van der Waals surface area contributed by atoms with Crippen LogP contribution in [0.4, 0.5) is 0 Å². The van der Waals surface area contributed by atoms with E-state index in [4.69, 9.17) is 0 Å². The predicted molar refractivity (Wildman–Crippen MR) is 104 cm³/mol. The van der Waals surface area contributed by atoms with Gasteiger partial charge in [-0.1, -0.05) is 0 Å². The maximum Gasteiger partial charge on any atom is 0.259 e. The summed E-state index contributed by atoms with van der Waals surface area (Å²) in [5.74, 6) is -0.301. The lowest BCUT2D eigenvalue weighted by Crippen LogP contribution is -2.48. The second-order valence-corrected chi connectivity index (χ2v) is 6.94. The molecule has 27 heavy (non-hydrogen) atoms. The molecule has 140 valence electrons. The Hall–Kier alpha value is -2.93. The number of likely N-dealkylation sites (N-methyl/N-ethyl adjacent to an activating group) is 1. The number of fused-ring (bicyclic) bond motifs is 3. The van der Waals surface area contributed by atoms with Crippen molar-refractivity contribution in [3.63, 3.8) is 0 Å². The van der Waals surface area contributed by atoms with Gasteiger partial charge in [-0.2, -0.15) is 0 Å². The zero-order chi connectivity index (χ0) is 19.1. The molecule has 1 aliphatic rings. The van der Waals surface area contributed by atoms with E-state index < -0.39 is 0 Å². The number of phenolic OH excluding ortho intramolecular Hbond substituents is 1. The number of amides is 1. The first kappa shape index (κ1) is 17.5. The van der Waals surface area contributed by atoms with Crippen molar-refractivity contribution in [3.8, 4) is 5.75 Å². The number of phenols is 1. The molecular formula is C20H22N4O3. The van der Waals surface area contributed by atoms with Gasteiger partial charge in [-0.15, -0.1) is 0 Å². The van der Waals surface area contributed by atoms with Gasteiger partial charge >= 0.3 is 0 Å². The lowest BCUT2D eigenvalue weighted by Gasteiger charge is -2.32. The highest BCUT2D eigenvalue weighted by atomic mass is 16.3. The van der Waals surface area contributed by atoms with E-state index in [0.717, 1.165) is 13.1 Å². The fourth-order valence-electron chi connectivity index (χ4n) is 3.71. The van der Waals surface area contributed by atoms with Crippen LogP contribution in [-0.4, -0.2) is 63.6 Å². The molecule has 0 unspecified atom stereocenters. The predicted octanol–water partition coefficient (Wildman–Crippen LogP) is 1.66. The summed E-state index contributed by atoms with van der Waals surface area (Å²) in [5.41, 5.74) is 0.944. The standard InChI is InChI=1S/C20H22N4O3/c1-3-23-12-15(20(27)24-9-7-22(2)8-10-24)19(26)14-11-16(25)17-13(18(14)23)5-4-6-21-17/h4-6,11-12,25H,3,7-10H2,1-2H3. The van der Waals surface area contributed by atoms with Crippen LogP contribution in [0.3, 0.4) is 0 Å². The Morgan fingerprint density at radius 2 is 1.96 bits per heavy atom. The zero-order valence-corrected chi connectivity index (χ0v) is 15.5. The van der Waals surface area contributed by atoms with Crippen LogP contribution < -0.4 is 5.43 Å². The third-order valence-corrected chi connectivity index (χ3v) is 5.26. The molecule has 0 spiro atoms. The van der Waals surface area contributed by atoms with Gasteiger partial charge < -0.3 is 19.5 Å². The number of hydrogen-bond acceptors (Lipinski definition) is 5. The summed E-state index contributed by atoms with van der Waals surface area (Å²) < 4.78 is 1.89. The first-order valence-electron chi connectivity index (χ1n) is 9.13. The fourth-order valence-corrected chi connectivity index (χ4v) is 3.71. The van der Waals surface area contributed by atoms with Gasteiger partial charge in [0.25, 0.3) is 5.91 Å². The average Bonchev–Trinajstić information content (AvgIpc) is 2.69. The van der Waals surface area contributed by atoms with E-state index in [-0.39, 0.29) is 22.6 Å². The van der Waals surface area contributed by atoms with Crippen LogP contribution in [0.1, 0.15) is 17.3 Å². The molecule has 1 aromatic carbocycles. The van der Waals surface area contributed by atoms with Gasteiger partial charge in [-0.3, -0.25) is 14.6 Å². The number of nitrogens with zero attached hydrogens (tertiary/aromatic N) is 4. The Bertz CT molecular complexity index is 1100.